The van der Waals surface area contributed by atoms with Crippen molar-refractivity contribution in [1.29, 1.82) is 0 Å². The largest absolute Gasteiger partial charge is 0.365 e. The number of piperidine rings is 1. The maximum absolute atomic E-state index is 12.8. The van der Waals surface area contributed by atoms with Crippen LogP contribution in [0.2, 0.25) is 0 Å². The zero-order valence-electron chi connectivity index (χ0n) is 14.6. The number of ketones is 1. The molecule has 1 aromatic carbocycles. The highest BCUT2D eigenvalue weighted by atomic mass is 16.1. The number of hydrogen-bond acceptors (Lipinski definition) is 5. The summed E-state index contributed by atoms with van der Waals surface area (Å²) >= 11 is 0. The molecule has 0 spiro atoms. The monoisotopic (exact) mass is 350 g/mol. The molecule has 1 saturated carbocycles. The molecule has 0 unspecified atom stereocenters. The minimum absolute atomic E-state index is 0.0347. The summed E-state index contributed by atoms with van der Waals surface area (Å²) in [5.74, 6) is 0.0801. The third-order valence-corrected chi connectivity index (χ3v) is 5.11. The van der Waals surface area contributed by atoms with E-state index >= 15 is 0 Å². The maximum atomic E-state index is 12.8. The van der Waals surface area contributed by atoms with Gasteiger partial charge in [-0.3, -0.25) is 9.59 Å². The van der Waals surface area contributed by atoms with E-state index in [0.717, 1.165) is 44.3 Å². The molecule has 1 aliphatic carbocycles. The van der Waals surface area contributed by atoms with Crippen LogP contribution in [0.1, 0.15) is 58.3 Å². The minimum atomic E-state index is -0.648. The number of aromatic nitrogens is 2. The van der Waals surface area contributed by atoms with Crippen molar-refractivity contribution in [2.75, 3.05) is 13.1 Å². The second-order valence-electron chi connectivity index (χ2n) is 7.05. The quantitative estimate of drug-likeness (QED) is 0.806. The molecule has 6 nitrogen and oxygen atoms in total. The summed E-state index contributed by atoms with van der Waals surface area (Å²) in [6.45, 7) is 1.80. The molecular formula is C20H22N4O2. The molecule has 2 aromatic rings. The van der Waals surface area contributed by atoms with Crippen molar-refractivity contribution in [3.05, 3.63) is 47.4 Å². The Morgan fingerprint density at radius 1 is 1.00 bits per heavy atom. The van der Waals surface area contributed by atoms with E-state index < -0.39 is 5.91 Å². The van der Waals surface area contributed by atoms with Gasteiger partial charge in [0.2, 0.25) is 0 Å². The van der Waals surface area contributed by atoms with Gasteiger partial charge in [0.1, 0.15) is 11.5 Å². The van der Waals surface area contributed by atoms with Gasteiger partial charge in [-0.05, 0) is 38.8 Å². The zero-order chi connectivity index (χ0) is 18.1. The zero-order valence-corrected chi connectivity index (χ0v) is 14.6. The van der Waals surface area contributed by atoms with Gasteiger partial charge in [0.25, 0.3) is 5.91 Å². The van der Waals surface area contributed by atoms with Gasteiger partial charge in [0.15, 0.2) is 5.78 Å². The fourth-order valence-corrected chi connectivity index (χ4v) is 3.50. The molecule has 134 valence electrons. The Balaban J connectivity index is 1.90. The first-order chi connectivity index (χ1) is 12.6. The van der Waals surface area contributed by atoms with E-state index in [-0.39, 0.29) is 28.9 Å². The van der Waals surface area contributed by atoms with E-state index in [0.29, 0.717) is 11.5 Å². The van der Waals surface area contributed by atoms with E-state index in [1.165, 1.54) is 0 Å². The molecule has 2 fully saturated rings. The molecule has 2 heterocycles. The van der Waals surface area contributed by atoms with Crippen molar-refractivity contribution >= 4 is 11.7 Å². The number of hydrogen-bond donors (Lipinski definition) is 2. The Hall–Kier alpha value is -2.60. The number of carbonyl (C=O) groups is 2. The predicted molar refractivity (Wildman–Crippen MR) is 97.9 cm³/mol. The van der Waals surface area contributed by atoms with Gasteiger partial charge in [-0.25, -0.2) is 9.97 Å². The van der Waals surface area contributed by atoms with E-state index in [4.69, 9.17) is 10.7 Å². The first kappa shape index (κ1) is 16.8. The van der Waals surface area contributed by atoms with Crippen molar-refractivity contribution in [3.8, 4) is 11.3 Å². The van der Waals surface area contributed by atoms with E-state index in [1.807, 2.05) is 30.3 Å². The lowest BCUT2D eigenvalue weighted by molar-refractivity contribution is 0.0941. The third-order valence-electron chi connectivity index (χ3n) is 5.11. The number of benzene rings is 1. The maximum Gasteiger partial charge on any atom is 0.253 e. The topological polar surface area (TPSA) is 98.0 Å². The van der Waals surface area contributed by atoms with E-state index in [9.17, 15) is 9.59 Å². The smallest absolute Gasteiger partial charge is 0.253 e. The predicted octanol–water partition coefficient (Wildman–Crippen LogP) is 2.30. The van der Waals surface area contributed by atoms with Crippen LogP contribution in [0.25, 0.3) is 11.3 Å². The van der Waals surface area contributed by atoms with Crippen molar-refractivity contribution in [2.24, 2.45) is 11.7 Å². The van der Waals surface area contributed by atoms with Crippen LogP contribution >= 0.6 is 0 Å². The summed E-state index contributed by atoms with van der Waals surface area (Å²) in [6.07, 6.45) is 3.54. The first-order valence-electron chi connectivity index (χ1n) is 9.17. The number of rotatable bonds is 5. The lowest BCUT2D eigenvalue weighted by atomic mass is 9.94. The summed E-state index contributed by atoms with van der Waals surface area (Å²) in [5.41, 5.74) is 7.29. The standard InChI is InChI=1S/C20H22N4O2/c21-19(26)15-16(12-4-2-1-3-5-12)23-20(14-8-10-22-11-9-14)24-17(15)18(25)13-6-7-13/h1-5,13-14,22H,6-11H2,(H2,21,26). The Morgan fingerprint density at radius 2 is 1.69 bits per heavy atom. The molecule has 1 amide bonds. The molecule has 6 heteroatoms. The van der Waals surface area contributed by atoms with Crippen LogP contribution in [-0.4, -0.2) is 34.7 Å². The molecule has 0 bridgehead atoms. The summed E-state index contributed by atoms with van der Waals surface area (Å²) < 4.78 is 0. The van der Waals surface area contributed by atoms with E-state index in [1.54, 1.807) is 0 Å². The van der Waals surface area contributed by atoms with Crippen LogP contribution in [0.5, 0.6) is 0 Å². The molecule has 1 saturated heterocycles. The van der Waals surface area contributed by atoms with Gasteiger partial charge < -0.3 is 11.1 Å². The molecule has 1 aliphatic heterocycles. The fourth-order valence-electron chi connectivity index (χ4n) is 3.50. The highest BCUT2D eigenvalue weighted by Crippen LogP contribution is 2.35. The molecule has 26 heavy (non-hydrogen) atoms. The highest BCUT2D eigenvalue weighted by Gasteiger charge is 2.36. The third kappa shape index (κ3) is 3.24. The number of nitrogens with one attached hydrogen (secondary N) is 1. The van der Waals surface area contributed by atoms with Crippen LogP contribution in [-0.2, 0) is 0 Å². The normalized spacial score (nSPS) is 17.8. The Labute approximate surface area is 152 Å². The fraction of sp³-hybridized carbons (Fsp3) is 0.400. The summed E-state index contributed by atoms with van der Waals surface area (Å²) in [4.78, 5) is 34.4. The van der Waals surface area contributed by atoms with Crippen molar-refractivity contribution in [2.45, 2.75) is 31.6 Å². The lowest BCUT2D eigenvalue weighted by Crippen LogP contribution is -2.29. The van der Waals surface area contributed by atoms with Gasteiger partial charge in [0.05, 0.1) is 11.3 Å². The summed E-state index contributed by atoms with van der Waals surface area (Å²) in [6, 6.07) is 9.43. The SMILES string of the molecule is NC(=O)c1c(C(=O)C2CC2)nc(C2CCNCC2)nc1-c1ccccc1. The first-order valence-corrected chi connectivity index (χ1v) is 9.17. The van der Waals surface area contributed by atoms with Crippen molar-refractivity contribution in [3.63, 3.8) is 0 Å². The van der Waals surface area contributed by atoms with Gasteiger partial charge in [-0.1, -0.05) is 30.3 Å². The summed E-state index contributed by atoms with van der Waals surface area (Å²) in [5, 5.41) is 3.33. The average Bonchev–Trinajstić information content (AvgIpc) is 3.53. The molecular weight excluding hydrogens is 328 g/mol. The highest BCUT2D eigenvalue weighted by molar-refractivity contribution is 6.10. The second-order valence-corrected chi connectivity index (χ2v) is 7.05. The number of primary amides is 1. The van der Waals surface area contributed by atoms with Crippen LogP contribution in [0, 0.1) is 5.92 Å². The number of amides is 1. The Morgan fingerprint density at radius 3 is 2.31 bits per heavy atom. The lowest BCUT2D eigenvalue weighted by Gasteiger charge is -2.23. The number of nitrogens with zero attached hydrogens (tertiary/aromatic N) is 2. The van der Waals surface area contributed by atoms with E-state index in [2.05, 4.69) is 10.3 Å². The van der Waals surface area contributed by atoms with Gasteiger partial charge in [-0.15, -0.1) is 0 Å². The molecule has 2 aliphatic rings. The second kappa shape index (κ2) is 6.96. The molecule has 1 aromatic heterocycles. The minimum Gasteiger partial charge on any atom is -0.365 e. The number of nitrogens with two attached hydrogens (primary N) is 1. The van der Waals surface area contributed by atoms with Crippen LogP contribution in [0.3, 0.4) is 0 Å². The Bertz CT molecular complexity index is 840. The van der Waals surface area contributed by atoms with Crippen LogP contribution in [0.15, 0.2) is 30.3 Å². The van der Waals surface area contributed by atoms with Crippen molar-refractivity contribution in [1.82, 2.24) is 15.3 Å². The molecule has 0 atom stereocenters. The van der Waals surface area contributed by atoms with Crippen molar-refractivity contribution < 1.29 is 9.59 Å². The number of Topliss-reactive ketones (excluding diaryl/α,β-unsaturated/α-hetero) is 1. The molecule has 3 N–H and O–H groups in total. The average molecular weight is 350 g/mol. The Kier molecular flexibility index (Phi) is 4.51. The van der Waals surface area contributed by atoms with Crippen LogP contribution < -0.4 is 11.1 Å². The van der Waals surface area contributed by atoms with Crippen LogP contribution in [0.4, 0.5) is 0 Å². The van der Waals surface area contributed by atoms with Gasteiger partial charge in [-0.2, -0.15) is 0 Å². The number of carbonyl (C=O) groups excluding carboxylic acids is 2. The summed E-state index contributed by atoms with van der Waals surface area (Å²) in [7, 11) is 0. The van der Waals surface area contributed by atoms with Gasteiger partial charge >= 0.3 is 0 Å². The molecule has 4 rings (SSSR count). The molecule has 0 radical (unpaired) electrons. The van der Waals surface area contributed by atoms with Gasteiger partial charge in [0, 0.05) is 17.4 Å².